The molecule has 0 aromatic heterocycles. The molecule has 7 heteroatoms. The van der Waals surface area contributed by atoms with E-state index in [4.69, 9.17) is 46.9 Å². The number of rotatable bonds is 8. The molecule has 25 heavy (non-hydrogen) atoms. The van der Waals surface area contributed by atoms with E-state index in [-0.39, 0.29) is 12.2 Å². The molecule has 0 aliphatic carbocycles. The molecule has 2 rings (SSSR count). The maximum atomic E-state index is 6.62. The lowest BCUT2D eigenvalue weighted by molar-refractivity contribution is -0.419. The summed E-state index contributed by atoms with van der Waals surface area (Å²) in [6.07, 6.45) is 4.81. The summed E-state index contributed by atoms with van der Waals surface area (Å²) in [4.78, 5) is 0. The summed E-state index contributed by atoms with van der Waals surface area (Å²) in [6.45, 7) is 8.72. The molecule has 0 spiro atoms. The van der Waals surface area contributed by atoms with E-state index in [1.807, 2.05) is 13.8 Å². The first-order valence-corrected chi connectivity index (χ1v) is 10.2. The van der Waals surface area contributed by atoms with E-state index < -0.39 is 22.7 Å². The highest BCUT2D eigenvalue weighted by Crippen LogP contribution is 2.42. The predicted molar refractivity (Wildman–Crippen MR) is 97.9 cm³/mol. The van der Waals surface area contributed by atoms with Crippen molar-refractivity contribution in [3.8, 4) is 0 Å². The normalized spacial score (nSPS) is 35.8. The van der Waals surface area contributed by atoms with E-state index in [1.165, 1.54) is 0 Å². The molecule has 6 unspecified atom stereocenters. The van der Waals surface area contributed by atoms with Crippen LogP contribution < -0.4 is 0 Å². The Morgan fingerprint density at radius 1 is 0.720 bits per heavy atom. The Balaban J connectivity index is 2.24. The average molecular weight is 399 g/mol. The van der Waals surface area contributed by atoms with Gasteiger partial charge in [0, 0.05) is 12.8 Å². The first-order chi connectivity index (χ1) is 11.8. The van der Waals surface area contributed by atoms with Gasteiger partial charge in [-0.2, -0.15) is 0 Å². The Kier molecular flexibility index (Phi) is 8.27. The zero-order valence-electron chi connectivity index (χ0n) is 15.8. The van der Waals surface area contributed by atoms with Crippen LogP contribution in [0.1, 0.15) is 66.2 Å². The molecule has 2 saturated heterocycles. The lowest BCUT2D eigenvalue weighted by atomic mass is 9.96. The van der Waals surface area contributed by atoms with Crippen molar-refractivity contribution in [1.82, 2.24) is 0 Å². The molecular formula is C18H32Cl2O5. The van der Waals surface area contributed by atoms with Gasteiger partial charge in [-0.05, 0) is 53.4 Å². The van der Waals surface area contributed by atoms with Gasteiger partial charge < -0.3 is 23.7 Å². The minimum atomic E-state index is -0.897. The molecule has 0 bridgehead atoms. The molecule has 2 aliphatic rings. The van der Waals surface area contributed by atoms with Crippen molar-refractivity contribution < 1.29 is 23.7 Å². The predicted octanol–water partition coefficient (Wildman–Crippen LogP) is 4.78. The van der Waals surface area contributed by atoms with Crippen LogP contribution in [0, 0.1) is 0 Å². The molecule has 0 saturated carbocycles. The van der Waals surface area contributed by atoms with Crippen LogP contribution in [0.25, 0.3) is 0 Å². The molecule has 2 heterocycles. The topological polar surface area (TPSA) is 46.2 Å². The quantitative estimate of drug-likeness (QED) is 0.550. The zero-order valence-corrected chi connectivity index (χ0v) is 17.3. The number of hydrogen-bond acceptors (Lipinski definition) is 5. The molecule has 2 fully saturated rings. The molecule has 0 N–H and O–H groups in total. The second-order valence-electron chi connectivity index (χ2n) is 6.98. The van der Waals surface area contributed by atoms with Crippen molar-refractivity contribution in [2.75, 3.05) is 13.2 Å². The summed E-state index contributed by atoms with van der Waals surface area (Å²) >= 11 is 12.1. The van der Waals surface area contributed by atoms with Crippen LogP contribution in [-0.4, -0.2) is 48.1 Å². The van der Waals surface area contributed by atoms with Gasteiger partial charge in [0.1, 0.15) is 23.3 Å². The third kappa shape index (κ3) is 5.68. The van der Waals surface area contributed by atoms with Crippen LogP contribution in [0.15, 0.2) is 0 Å². The highest BCUT2D eigenvalue weighted by atomic mass is 35.5. The Labute approximate surface area is 161 Å². The van der Waals surface area contributed by atoms with E-state index in [0.717, 1.165) is 38.5 Å². The molecule has 0 radical (unpaired) electrons. The summed E-state index contributed by atoms with van der Waals surface area (Å²) in [6, 6.07) is 0. The number of halogens is 2. The molecule has 2 aliphatic heterocycles. The van der Waals surface area contributed by atoms with E-state index in [1.54, 1.807) is 13.8 Å². The highest BCUT2D eigenvalue weighted by Gasteiger charge is 2.52. The van der Waals surface area contributed by atoms with Crippen LogP contribution in [-0.2, 0) is 23.7 Å². The summed E-state index contributed by atoms with van der Waals surface area (Å²) in [7, 11) is 0. The fourth-order valence-corrected chi connectivity index (χ4v) is 3.92. The highest BCUT2D eigenvalue weighted by molar-refractivity contribution is 6.19. The van der Waals surface area contributed by atoms with Crippen molar-refractivity contribution in [1.29, 1.82) is 0 Å². The van der Waals surface area contributed by atoms with Crippen LogP contribution >= 0.6 is 23.2 Å². The van der Waals surface area contributed by atoms with Crippen LogP contribution in [0.4, 0.5) is 0 Å². The van der Waals surface area contributed by atoms with Gasteiger partial charge in [-0.1, -0.05) is 23.2 Å². The van der Waals surface area contributed by atoms with Crippen molar-refractivity contribution >= 4 is 23.2 Å². The van der Waals surface area contributed by atoms with Crippen molar-refractivity contribution in [3.05, 3.63) is 0 Å². The van der Waals surface area contributed by atoms with Gasteiger partial charge in [0.2, 0.25) is 0 Å². The third-order valence-electron chi connectivity index (χ3n) is 4.90. The molecule has 0 aromatic rings. The minimum Gasteiger partial charge on any atom is -0.354 e. The first kappa shape index (κ1) is 21.7. The number of ether oxygens (including phenoxy) is 5. The number of hydrogen-bond donors (Lipinski definition) is 0. The zero-order chi connectivity index (χ0) is 18.5. The first-order valence-electron chi connectivity index (χ1n) is 9.37. The molecule has 0 amide bonds. The number of alkyl halides is 2. The summed E-state index contributed by atoms with van der Waals surface area (Å²) in [5.41, 5.74) is -0.860. The molecule has 148 valence electrons. The van der Waals surface area contributed by atoms with Gasteiger partial charge in [-0.25, -0.2) is 0 Å². The van der Waals surface area contributed by atoms with Crippen molar-refractivity contribution in [2.45, 2.75) is 101 Å². The van der Waals surface area contributed by atoms with E-state index >= 15 is 0 Å². The lowest BCUT2D eigenvalue weighted by Crippen LogP contribution is -2.60. The molecule has 0 aromatic carbocycles. The van der Waals surface area contributed by atoms with Gasteiger partial charge in [-0.3, -0.25) is 0 Å². The van der Waals surface area contributed by atoms with Gasteiger partial charge in [0.05, 0.1) is 13.2 Å². The van der Waals surface area contributed by atoms with Crippen molar-refractivity contribution in [3.63, 3.8) is 0 Å². The maximum absolute atomic E-state index is 6.62. The van der Waals surface area contributed by atoms with Crippen LogP contribution in [0.3, 0.4) is 0 Å². The Morgan fingerprint density at radius 2 is 1.12 bits per heavy atom. The van der Waals surface area contributed by atoms with Gasteiger partial charge in [0.25, 0.3) is 0 Å². The van der Waals surface area contributed by atoms with Crippen LogP contribution in [0.5, 0.6) is 0 Å². The Hall–Kier alpha value is 0.380. The largest absolute Gasteiger partial charge is 0.354 e. The fourth-order valence-electron chi connectivity index (χ4n) is 3.61. The summed E-state index contributed by atoms with van der Waals surface area (Å²) < 4.78 is 30.6. The smallest absolute Gasteiger partial charge is 0.197 e. The molecule has 5 nitrogen and oxygen atoms in total. The van der Waals surface area contributed by atoms with E-state index in [2.05, 4.69) is 0 Å². The second kappa shape index (κ2) is 9.54. The lowest BCUT2D eigenvalue weighted by Gasteiger charge is -2.50. The molecule has 6 atom stereocenters. The maximum Gasteiger partial charge on any atom is 0.197 e. The van der Waals surface area contributed by atoms with Gasteiger partial charge in [0.15, 0.2) is 11.6 Å². The van der Waals surface area contributed by atoms with Gasteiger partial charge >= 0.3 is 0 Å². The Morgan fingerprint density at radius 3 is 1.40 bits per heavy atom. The van der Waals surface area contributed by atoms with Crippen LogP contribution in [0.2, 0.25) is 0 Å². The van der Waals surface area contributed by atoms with E-state index in [0.29, 0.717) is 13.2 Å². The fraction of sp³-hybridized carbons (Fsp3) is 1.00. The SMILES string of the molecule is CC(Cl)OC(C)C1(OC2(C(C)OC(C)Cl)CCCCO2)CCCCO1. The second-order valence-corrected chi connectivity index (χ2v) is 8.21. The standard InChI is InChI=1S/C18H32Cl2O5/c1-13(23-15(3)19)17(9-5-7-11-21-17)25-18(10-6-8-12-22-18)14(2)24-16(4)20/h13-16H,5-12H2,1-4H3. The average Bonchev–Trinajstić information content (AvgIpc) is 2.55. The Bertz CT molecular complexity index is 357. The van der Waals surface area contributed by atoms with Crippen molar-refractivity contribution in [2.24, 2.45) is 0 Å². The molecular weight excluding hydrogens is 367 g/mol. The van der Waals surface area contributed by atoms with E-state index in [9.17, 15) is 0 Å². The summed E-state index contributed by atoms with van der Waals surface area (Å²) in [5.74, 6) is -1.79. The minimum absolute atomic E-state index is 0.330. The summed E-state index contributed by atoms with van der Waals surface area (Å²) in [5, 5.41) is 0. The van der Waals surface area contributed by atoms with Gasteiger partial charge in [-0.15, -0.1) is 0 Å². The third-order valence-corrected chi connectivity index (χ3v) is 5.11. The monoisotopic (exact) mass is 398 g/mol.